The van der Waals surface area contributed by atoms with Gasteiger partial charge in [-0.25, -0.2) is 4.98 Å². The first-order valence-corrected chi connectivity index (χ1v) is 17.4. The van der Waals surface area contributed by atoms with Crippen molar-refractivity contribution in [3.05, 3.63) is 42.4 Å². The van der Waals surface area contributed by atoms with Gasteiger partial charge >= 0.3 is 0 Å². The van der Waals surface area contributed by atoms with Gasteiger partial charge in [-0.2, -0.15) is 0 Å². The summed E-state index contributed by atoms with van der Waals surface area (Å²) in [6.07, 6.45) is 11.9. The molecule has 6 nitrogen and oxygen atoms in total. The maximum atomic E-state index is 6.49. The molecular weight excluding hydrogens is 542 g/mol. The average Bonchev–Trinajstić information content (AvgIpc) is 3.35. The molecular formula is C38H65N5O. The number of imidazole rings is 1. The summed E-state index contributed by atoms with van der Waals surface area (Å²) in [4.78, 5) is 7.42. The third-order valence-corrected chi connectivity index (χ3v) is 9.19. The van der Waals surface area contributed by atoms with Crippen LogP contribution in [-0.4, -0.2) is 70.0 Å². The molecule has 2 N–H and O–H groups in total. The zero-order chi connectivity index (χ0) is 32.3. The van der Waals surface area contributed by atoms with Gasteiger partial charge in [-0.15, -0.1) is 0 Å². The van der Waals surface area contributed by atoms with Crippen LogP contribution in [0.25, 0.3) is 11.3 Å². The molecule has 1 aliphatic carbocycles. The van der Waals surface area contributed by atoms with E-state index in [4.69, 9.17) is 9.72 Å². The highest BCUT2D eigenvalue weighted by Crippen LogP contribution is 2.32. The van der Waals surface area contributed by atoms with E-state index in [1.54, 1.807) is 0 Å². The summed E-state index contributed by atoms with van der Waals surface area (Å²) in [7, 11) is 0. The number of benzene rings is 1. The van der Waals surface area contributed by atoms with Crippen LogP contribution in [-0.2, 0) is 11.2 Å². The lowest BCUT2D eigenvalue weighted by atomic mass is 9.79. The third kappa shape index (κ3) is 11.3. The van der Waals surface area contributed by atoms with Crippen LogP contribution >= 0.6 is 0 Å². The Hall–Kier alpha value is -1.73. The molecule has 0 amide bonds. The standard InChI is InChI=1S/C38H65N5O/c1-28(43-24-34(39-27-43)30-14-12-29(13-15-30)22-35(2,3)4)23-40-38(10,11)25-37(8,9)26-42-18-16-32(17-19-42)44-33-20-31(21-33)41-36(5,6)7/h12-15,24,27-28,31-33,40-41H,16-23,25-26H2,1-11H3/t28-,31?,33?/m0/s1. The number of likely N-dealkylation sites (tertiary alicyclic amines) is 1. The highest BCUT2D eigenvalue weighted by Gasteiger charge is 2.36. The van der Waals surface area contributed by atoms with E-state index in [0.717, 1.165) is 57.6 Å². The Morgan fingerprint density at radius 2 is 1.55 bits per heavy atom. The molecule has 0 bridgehead atoms. The molecule has 1 saturated carbocycles. The van der Waals surface area contributed by atoms with E-state index >= 15 is 0 Å². The summed E-state index contributed by atoms with van der Waals surface area (Å²) in [5.41, 5.74) is 4.38. The lowest BCUT2D eigenvalue weighted by Gasteiger charge is -2.44. The maximum Gasteiger partial charge on any atom is 0.0956 e. The summed E-state index contributed by atoms with van der Waals surface area (Å²) in [6, 6.07) is 9.88. The Balaban J connectivity index is 1.17. The number of hydrogen-bond donors (Lipinski definition) is 2. The summed E-state index contributed by atoms with van der Waals surface area (Å²) >= 11 is 0. The van der Waals surface area contributed by atoms with Crippen molar-refractivity contribution in [2.45, 2.75) is 150 Å². The zero-order valence-electron chi connectivity index (χ0n) is 30.1. The van der Waals surface area contributed by atoms with Crippen LogP contribution in [0.1, 0.15) is 120 Å². The number of nitrogens with one attached hydrogen (secondary N) is 2. The Kier molecular flexibility index (Phi) is 11.1. The third-order valence-electron chi connectivity index (χ3n) is 9.19. The van der Waals surface area contributed by atoms with Gasteiger partial charge in [0.2, 0.25) is 0 Å². The normalized spacial score (nSPS) is 21.8. The molecule has 1 atom stereocenters. The van der Waals surface area contributed by atoms with Crippen molar-refractivity contribution >= 4 is 0 Å². The number of piperidine rings is 1. The molecule has 2 fully saturated rings. The van der Waals surface area contributed by atoms with Crippen LogP contribution in [0, 0.1) is 10.8 Å². The van der Waals surface area contributed by atoms with Gasteiger partial charge in [-0.1, -0.05) is 58.9 Å². The van der Waals surface area contributed by atoms with Gasteiger partial charge in [0.15, 0.2) is 0 Å². The van der Waals surface area contributed by atoms with E-state index in [2.05, 4.69) is 127 Å². The van der Waals surface area contributed by atoms with Crippen LogP contribution in [0.4, 0.5) is 0 Å². The minimum absolute atomic E-state index is 0.0490. The molecule has 44 heavy (non-hydrogen) atoms. The Labute approximate surface area is 270 Å². The number of hydrogen-bond acceptors (Lipinski definition) is 5. The molecule has 0 spiro atoms. The van der Waals surface area contributed by atoms with E-state index < -0.39 is 0 Å². The number of aromatic nitrogens is 2. The first-order chi connectivity index (χ1) is 20.3. The fourth-order valence-corrected chi connectivity index (χ4v) is 7.46. The average molecular weight is 608 g/mol. The lowest BCUT2D eigenvalue weighted by molar-refractivity contribution is -0.0887. The Morgan fingerprint density at radius 1 is 0.909 bits per heavy atom. The lowest BCUT2D eigenvalue weighted by Crippen LogP contribution is -2.53. The molecule has 248 valence electrons. The number of nitrogens with zero attached hydrogens (tertiary/aromatic N) is 3. The van der Waals surface area contributed by atoms with E-state index in [1.165, 1.54) is 24.0 Å². The van der Waals surface area contributed by atoms with E-state index in [-0.39, 0.29) is 16.5 Å². The van der Waals surface area contributed by atoms with E-state index in [1.807, 2.05) is 6.33 Å². The molecule has 2 aliphatic rings. The molecule has 1 aromatic heterocycles. The fraction of sp³-hybridized carbons (Fsp3) is 0.763. The van der Waals surface area contributed by atoms with Gasteiger partial charge in [-0.3, -0.25) is 0 Å². The first kappa shape index (κ1) is 35.1. The minimum atomic E-state index is 0.0490. The summed E-state index contributed by atoms with van der Waals surface area (Å²) in [5, 5.41) is 7.61. The van der Waals surface area contributed by atoms with Gasteiger partial charge in [0, 0.05) is 61.1 Å². The van der Waals surface area contributed by atoms with Crippen LogP contribution in [0.15, 0.2) is 36.8 Å². The molecule has 1 aliphatic heterocycles. The summed E-state index contributed by atoms with van der Waals surface area (Å²) in [6.45, 7) is 29.9. The highest BCUT2D eigenvalue weighted by atomic mass is 16.5. The van der Waals surface area contributed by atoms with Crippen LogP contribution in [0.2, 0.25) is 0 Å². The first-order valence-electron chi connectivity index (χ1n) is 17.4. The van der Waals surface area contributed by atoms with Crippen LogP contribution in [0.5, 0.6) is 0 Å². The second-order valence-electron chi connectivity index (χ2n) is 17.9. The van der Waals surface area contributed by atoms with Gasteiger partial charge < -0.3 is 24.8 Å². The predicted octanol–water partition coefficient (Wildman–Crippen LogP) is 7.88. The molecule has 4 rings (SSSR count). The summed E-state index contributed by atoms with van der Waals surface area (Å²) in [5.74, 6) is 0. The van der Waals surface area contributed by atoms with E-state index in [0.29, 0.717) is 29.7 Å². The minimum Gasteiger partial charge on any atom is -0.375 e. The van der Waals surface area contributed by atoms with Crippen molar-refractivity contribution in [2.75, 3.05) is 26.2 Å². The van der Waals surface area contributed by atoms with Crippen molar-refractivity contribution in [3.63, 3.8) is 0 Å². The van der Waals surface area contributed by atoms with Crippen molar-refractivity contribution in [2.24, 2.45) is 10.8 Å². The fourth-order valence-electron chi connectivity index (χ4n) is 7.46. The SMILES string of the molecule is C[C@@H](CNC(C)(C)CC(C)(C)CN1CCC(OC2CC(NC(C)(C)C)C2)CC1)n1cnc(-c2ccc(CC(C)(C)C)cc2)c1. The van der Waals surface area contributed by atoms with Crippen LogP contribution in [0.3, 0.4) is 0 Å². The second kappa shape index (κ2) is 13.9. The van der Waals surface area contributed by atoms with Crippen molar-refractivity contribution in [1.82, 2.24) is 25.1 Å². The Morgan fingerprint density at radius 3 is 2.14 bits per heavy atom. The smallest absolute Gasteiger partial charge is 0.0956 e. The van der Waals surface area contributed by atoms with Crippen molar-refractivity contribution in [1.29, 1.82) is 0 Å². The van der Waals surface area contributed by atoms with E-state index in [9.17, 15) is 0 Å². The monoisotopic (exact) mass is 608 g/mol. The summed E-state index contributed by atoms with van der Waals surface area (Å²) < 4.78 is 8.74. The Bertz CT molecular complexity index is 1160. The maximum absolute atomic E-state index is 6.49. The molecule has 0 unspecified atom stereocenters. The van der Waals surface area contributed by atoms with Crippen molar-refractivity contribution < 1.29 is 4.74 Å². The van der Waals surface area contributed by atoms with Gasteiger partial charge in [0.25, 0.3) is 0 Å². The molecule has 0 radical (unpaired) electrons. The van der Waals surface area contributed by atoms with Crippen molar-refractivity contribution in [3.8, 4) is 11.3 Å². The molecule has 1 aromatic carbocycles. The van der Waals surface area contributed by atoms with Gasteiger partial charge in [0.05, 0.1) is 24.2 Å². The second-order valence-corrected chi connectivity index (χ2v) is 17.9. The van der Waals surface area contributed by atoms with Gasteiger partial charge in [0.1, 0.15) is 0 Å². The number of rotatable bonds is 13. The zero-order valence-corrected chi connectivity index (χ0v) is 30.1. The predicted molar refractivity (Wildman–Crippen MR) is 186 cm³/mol. The topological polar surface area (TPSA) is 54.4 Å². The quantitative estimate of drug-likeness (QED) is 0.243. The molecule has 2 heterocycles. The molecule has 1 saturated heterocycles. The van der Waals surface area contributed by atoms with Gasteiger partial charge in [-0.05, 0) is 96.5 Å². The molecule has 6 heteroatoms. The largest absolute Gasteiger partial charge is 0.375 e. The number of ether oxygens (including phenoxy) is 1. The molecule has 2 aromatic rings. The highest BCUT2D eigenvalue weighted by molar-refractivity contribution is 5.58. The van der Waals surface area contributed by atoms with Crippen LogP contribution < -0.4 is 10.6 Å².